The molecule has 0 aliphatic carbocycles. The highest BCUT2D eigenvalue weighted by Gasteiger charge is 2.30. The molecule has 5 heteroatoms. The summed E-state index contributed by atoms with van der Waals surface area (Å²) in [5.74, 6) is 0. The summed E-state index contributed by atoms with van der Waals surface area (Å²) in [6.07, 6.45) is 3.03. The monoisotopic (exact) mass is 331 g/mol. The van der Waals surface area contributed by atoms with Crippen LogP contribution in [-0.4, -0.2) is 25.3 Å². The van der Waals surface area contributed by atoms with Crippen molar-refractivity contribution in [3.8, 4) is 0 Å². The average molecular weight is 332 g/mol. The van der Waals surface area contributed by atoms with E-state index in [1.54, 1.807) is 22.5 Å². The minimum atomic E-state index is -3.34. The Morgan fingerprint density at radius 2 is 2.06 bits per heavy atom. The first-order valence-electron chi connectivity index (χ1n) is 6.21. The van der Waals surface area contributed by atoms with Crippen molar-refractivity contribution in [3.05, 3.63) is 28.2 Å². The lowest BCUT2D eigenvalue weighted by molar-refractivity contribution is 0.268. The van der Waals surface area contributed by atoms with Gasteiger partial charge in [0.25, 0.3) is 0 Å². The Kier molecular flexibility index (Phi) is 4.14. The molecular weight excluding hydrogens is 314 g/mol. The summed E-state index contributed by atoms with van der Waals surface area (Å²) in [6, 6.07) is 5.32. The largest absolute Gasteiger partial charge is 0.243 e. The molecule has 3 nitrogen and oxygen atoms in total. The van der Waals surface area contributed by atoms with Crippen molar-refractivity contribution in [1.29, 1.82) is 0 Å². The van der Waals surface area contributed by atoms with E-state index < -0.39 is 10.0 Å². The van der Waals surface area contributed by atoms with Gasteiger partial charge >= 0.3 is 0 Å². The third-order valence-corrected chi connectivity index (χ3v) is 6.38. The van der Waals surface area contributed by atoms with Gasteiger partial charge in [0.05, 0.1) is 4.90 Å². The minimum absolute atomic E-state index is 0.104. The smallest absolute Gasteiger partial charge is 0.207 e. The molecule has 100 valence electrons. The summed E-state index contributed by atoms with van der Waals surface area (Å²) in [5.41, 5.74) is 0.945. The fraction of sp³-hybridized carbons (Fsp3) is 0.538. The molecule has 1 aliphatic rings. The van der Waals surface area contributed by atoms with Gasteiger partial charge in [-0.25, -0.2) is 8.42 Å². The summed E-state index contributed by atoms with van der Waals surface area (Å²) in [5, 5.41) is 0. The molecule has 0 unspecified atom stereocenters. The maximum absolute atomic E-state index is 12.6. The lowest BCUT2D eigenvalue weighted by atomic mass is 10.1. The molecule has 1 atom stereocenters. The Morgan fingerprint density at radius 1 is 1.33 bits per heavy atom. The highest BCUT2D eigenvalue weighted by Crippen LogP contribution is 2.27. The molecule has 0 spiro atoms. The van der Waals surface area contributed by atoms with E-state index in [-0.39, 0.29) is 6.04 Å². The molecule has 1 saturated heterocycles. The SMILES string of the molecule is Cc1cc(S(=O)(=O)N2CCCC[C@@H]2C)ccc1Br. The van der Waals surface area contributed by atoms with Crippen LogP contribution in [0.5, 0.6) is 0 Å². The maximum Gasteiger partial charge on any atom is 0.243 e. The van der Waals surface area contributed by atoms with E-state index in [9.17, 15) is 8.42 Å². The van der Waals surface area contributed by atoms with Crippen molar-refractivity contribution in [2.24, 2.45) is 0 Å². The molecule has 18 heavy (non-hydrogen) atoms. The zero-order chi connectivity index (χ0) is 13.3. The molecule has 2 rings (SSSR count). The number of nitrogens with zero attached hydrogens (tertiary/aromatic N) is 1. The Labute approximate surface area is 117 Å². The van der Waals surface area contributed by atoms with Crippen molar-refractivity contribution in [1.82, 2.24) is 4.31 Å². The molecule has 0 amide bonds. The van der Waals surface area contributed by atoms with Crippen LogP contribution < -0.4 is 0 Å². The summed E-state index contributed by atoms with van der Waals surface area (Å²) in [7, 11) is -3.34. The Balaban J connectivity index is 2.37. The van der Waals surface area contributed by atoms with Crippen LogP contribution in [0.1, 0.15) is 31.7 Å². The van der Waals surface area contributed by atoms with Crippen LogP contribution >= 0.6 is 15.9 Å². The van der Waals surface area contributed by atoms with Crippen LogP contribution in [-0.2, 0) is 10.0 Å². The van der Waals surface area contributed by atoms with Crippen LogP contribution in [0.15, 0.2) is 27.6 Å². The van der Waals surface area contributed by atoms with Gasteiger partial charge in [-0.1, -0.05) is 22.4 Å². The number of aryl methyl sites for hydroxylation is 1. The van der Waals surface area contributed by atoms with Crippen LogP contribution in [0.4, 0.5) is 0 Å². The van der Waals surface area contributed by atoms with Gasteiger partial charge in [0.15, 0.2) is 0 Å². The number of rotatable bonds is 2. The normalized spacial score (nSPS) is 22.1. The number of benzene rings is 1. The molecular formula is C13H18BrNO2S. The van der Waals surface area contributed by atoms with Gasteiger partial charge in [0.1, 0.15) is 0 Å². The van der Waals surface area contributed by atoms with Gasteiger partial charge in [-0.15, -0.1) is 0 Å². The van der Waals surface area contributed by atoms with Gasteiger partial charge in [0, 0.05) is 17.1 Å². The van der Waals surface area contributed by atoms with Gasteiger partial charge in [-0.05, 0) is 50.5 Å². The quantitative estimate of drug-likeness (QED) is 0.833. The van der Waals surface area contributed by atoms with Crippen molar-refractivity contribution in [3.63, 3.8) is 0 Å². The molecule has 0 aromatic heterocycles. The summed E-state index contributed by atoms with van der Waals surface area (Å²) in [4.78, 5) is 0.400. The van der Waals surface area contributed by atoms with Crippen LogP contribution in [0, 0.1) is 6.92 Å². The van der Waals surface area contributed by atoms with E-state index >= 15 is 0 Å². The van der Waals surface area contributed by atoms with E-state index in [4.69, 9.17) is 0 Å². The van der Waals surface area contributed by atoms with Gasteiger partial charge < -0.3 is 0 Å². The number of hydrogen-bond acceptors (Lipinski definition) is 2. The lowest BCUT2D eigenvalue weighted by Gasteiger charge is -2.32. The zero-order valence-corrected chi connectivity index (χ0v) is 13.1. The highest BCUT2D eigenvalue weighted by atomic mass is 79.9. The first-order valence-corrected chi connectivity index (χ1v) is 8.44. The number of piperidine rings is 1. The molecule has 0 N–H and O–H groups in total. The van der Waals surface area contributed by atoms with Crippen LogP contribution in [0.2, 0.25) is 0 Å². The predicted octanol–water partition coefficient (Wildman–Crippen LogP) is 3.32. The molecule has 1 aliphatic heterocycles. The minimum Gasteiger partial charge on any atom is -0.207 e. The molecule has 1 heterocycles. The molecule has 0 saturated carbocycles. The van der Waals surface area contributed by atoms with Gasteiger partial charge in [-0.2, -0.15) is 4.31 Å². The Morgan fingerprint density at radius 3 is 2.67 bits per heavy atom. The zero-order valence-electron chi connectivity index (χ0n) is 10.7. The first kappa shape index (κ1) is 14.0. The van der Waals surface area contributed by atoms with E-state index in [1.807, 2.05) is 13.8 Å². The fourth-order valence-corrected chi connectivity index (χ4v) is 4.37. The summed E-state index contributed by atoms with van der Waals surface area (Å²) >= 11 is 3.40. The number of hydrogen-bond donors (Lipinski definition) is 0. The maximum atomic E-state index is 12.6. The molecule has 1 aromatic carbocycles. The van der Waals surface area contributed by atoms with E-state index in [2.05, 4.69) is 15.9 Å². The van der Waals surface area contributed by atoms with Crippen LogP contribution in [0.25, 0.3) is 0 Å². The average Bonchev–Trinajstić information content (AvgIpc) is 2.33. The Bertz CT molecular complexity index is 542. The van der Waals surface area contributed by atoms with Crippen molar-refractivity contribution in [2.75, 3.05) is 6.54 Å². The van der Waals surface area contributed by atoms with E-state index in [0.717, 1.165) is 29.3 Å². The number of halogens is 1. The van der Waals surface area contributed by atoms with Crippen molar-refractivity contribution < 1.29 is 8.42 Å². The van der Waals surface area contributed by atoms with E-state index in [0.29, 0.717) is 11.4 Å². The lowest BCUT2D eigenvalue weighted by Crippen LogP contribution is -2.41. The van der Waals surface area contributed by atoms with E-state index in [1.165, 1.54) is 0 Å². The van der Waals surface area contributed by atoms with Crippen molar-refractivity contribution in [2.45, 2.75) is 44.0 Å². The van der Waals surface area contributed by atoms with Gasteiger partial charge in [-0.3, -0.25) is 0 Å². The predicted molar refractivity (Wildman–Crippen MR) is 76.1 cm³/mol. The second-order valence-corrected chi connectivity index (χ2v) is 7.62. The van der Waals surface area contributed by atoms with Gasteiger partial charge in [0.2, 0.25) is 10.0 Å². The molecule has 1 fully saturated rings. The third kappa shape index (κ3) is 2.63. The number of sulfonamides is 1. The highest BCUT2D eigenvalue weighted by molar-refractivity contribution is 9.10. The topological polar surface area (TPSA) is 37.4 Å². The summed E-state index contributed by atoms with van der Waals surface area (Å²) < 4.78 is 27.7. The first-order chi connectivity index (χ1) is 8.43. The molecule has 0 radical (unpaired) electrons. The summed E-state index contributed by atoms with van der Waals surface area (Å²) in [6.45, 7) is 4.53. The second kappa shape index (κ2) is 5.31. The van der Waals surface area contributed by atoms with Crippen molar-refractivity contribution >= 4 is 26.0 Å². The Hall–Kier alpha value is -0.390. The molecule has 0 bridgehead atoms. The molecule has 1 aromatic rings. The standard InChI is InChI=1S/C13H18BrNO2S/c1-10-9-12(6-7-13(10)14)18(16,17)15-8-4-3-5-11(15)2/h6-7,9,11H,3-5,8H2,1-2H3/t11-/m0/s1. The second-order valence-electron chi connectivity index (χ2n) is 4.87. The van der Waals surface area contributed by atoms with Crippen LogP contribution in [0.3, 0.4) is 0 Å². The third-order valence-electron chi connectivity index (χ3n) is 3.48. The fourth-order valence-electron chi connectivity index (χ4n) is 2.34.